The molecule has 2 aromatic rings. The van der Waals surface area contributed by atoms with E-state index in [4.69, 9.17) is 0 Å². The Morgan fingerprint density at radius 3 is 2.58 bits per heavy atom. The first-order valence-electron chi connectivity index (χ1n) is 8.26. The third-order valence-corrected chi connectivity index (χ3v) is 6.22. The average molecular weight is 377 g/mol. The molecule has 6 nitrogen and oxygen atoms in total. The third kappa shape index (κ3) is 4.37. The lowest BCUT2D eigenvalue weighted by molar-refractivity contribution is 0.0742. The molecule has 1 fully saturated rings. The molecule has 1 aromatic heterocycles. The first-order chi connectivity index (χ1) is 12.3. The van der Waals surface area contributed by atoms with Crippen LogP contribution in [0, 0.1) is 5.82 Å². The minimum Gasteiger partial charge on any atom is -0.380 e. The lowest BCUT2D eigenvalue weighted by Crippen LogP contribution is -2.38. The van der Waals surface area contributed by atoms with Gasteiger partial charge in [0.05, 0.1) is 23.4 Å². The van der Waals surface area contributed by atoms with Gasteiger partial charge in [0.15, 0.2) is 9.84 Å². The van der Waals surface area contributed by atoms with Gasteiger partial charge < -0.3 is 10.2 Å². The molecule has 0 bridgehead atoms. The number of hydrogen-bond acceptors (Lipinski definition) is 5. The highest BCUT2D eigenvalue weighted by molar-refractivity contribution is 7.91. The summed E-state index contributed by atoms with van der Waals surface area (Å²) in [7, 11) is -1.44. The summed E-state index contributed by atoms with van der Waals surface area (Å²) in [5, 5.41) is 3.15. The molecule has 8 heteroatoms. The van der Waals surface area contributed by atoms with Crippen molar-refractivity contribution in [1.29, 1.82) is 0 Å². The number of rotatable bonds is 5. The monoisotopic (exact) mass is 377 g/mol. The Morgan fingerprint density at radius 1 is 1.27 bits per heavy atom. The van der Waals surface area contributed by atoms with Gasteiger partial charge in [-0.1, -0.05) is 12.1 Å². The van der Waals surface area contributed by atoms with Crippen LogP contribution in [-0.2, 0) is 16.4 Å². The van der Waals surface area contributed by atoms with Crippen molar-refractivity contribution in [1.82, 2.24) is 9.88 Å². The molecule has 3 rings (SSSR count). The van der Waals surface area contributed by atoms with E-state index in [1.807, 2.05) is 0 Å². The number of nitrogens with one attached hydrogen (secondary N) is 1. The Morgan fingerprint density at radius 2 is 2.00 bits per heavy atom. The van der Waals surface area contributed by atoms with E-state index < -0.39 is 9.84 Å². The van der Waals surface area contributed by atoms with Gasteiger partial charge in [0.2, 0.25) is 0 Å². The number of sulfone groups is 1. The second-order valence-electron chi connectivity index (χ2n) is 6.39. The van der Waals surface area contributed by atoms with Gasteiger partial charge in [-0.3, -0.25) is 4.79 Å². The van der Waals surface area contributed by atoms with E-state index in [2.05, 4.69) is 10.3 Å². The van der Waals surface area contributed by atoms with E-state index in [1.54, 1.807) is 37.5 Å². The number of benzene rings is 1. The Balaban J connectivity index is 1.59. The van der Waals surface area contributed by atoms with Crippen LogP contribution in [0.2, 0.25) is 0 Å². The van der Waals surface area contributed by atoms with Crippen LogP contribution in [0.25, 0.3) is 0 Å². The molecule has 1 N–H and O–H groups in total. The fourth-order valence-electron chi connectivity index (χ4n) is 2.86. The molecule has 1 aliphatic rings. The topological polar surface area (TPSA) is 79.4 Å². The Bertz CT molecular complexity index is 883. The number of anilines is 1. The number of carbonyl (C=O) groups excluding carboxylic acids is 1. The normalized spacial score (nSPS) is 18.5. The van der Waals surface area contributed by atoms with E-state index in [9.17, 15) is 17.6 Å². The molecule has 0 radical (unpaired) electrons. The number of amides is 1. The predicted octanol–water partition coefficient (Wildman–Crippen LogP) is 2.09. The van der Waals surface area contributed by atoms with Gasteiger partial charge in [0.25, 0.3) is 5.91 Å². The fourth-order valence-corrected chi connectivity index (χ4v) is 4.63. The summed E-state index contributed by atoms with van der Waals surface area (Å²) in [4.78, 5) is 18.1. The van der Waals surface area contributed by atoms with Crippen LogP contribution in [0.3, 0.4) is 0 Å². The molecular weight excluding hydrogens is 357 g/mol. The van der Waals surface area contributed by atoms with Gasteiger partial charge in [-0.05, 0) is 36.2 Å². The molecule has 0 spiro atoms. The minimum atomic E-state index is -3.05. The number of halogens is 1. The van der Waals surface area contributed by atoms with Crippen LogP contribution in [0.1, 0.15) is 22.5 Å². The first-order valence-corrected chi connectivity index (χ1v) is 10.1. The zero-order chi connectivity index (χ0) is 18.7. The molecule has 0 saturated carbocycles. The highest BCUT2D eigenvalue weighted by atomic mass is 32.2. The van der Waals surface area contributed by atoms with Crippen molar-refractivity contribution in [3.8, 4) is 0 Å². The van der Waals surface area contributed by atoms with Crippen molar-refractivity contribution < 1.29 is 17.6 Å². The molecular formula is C18H20FN3O3S. The molecule has 1 aliphatic heterocycles. The fraction of sp³-hybridized carbons (Fsp3) is 0.333. The van der Waals surface area contributed by atoms with Crippen LogP contribution >= 0.6 is 0 Å². The van der Waals surface area contributed by atoms with Crippen LogP contribution in [0.4, 0.5) is 10.1 Å². The lowest BCUT2D eigenvalue weighted by Gasteiger charge is -2.23. The molecule has 1 aromatic carbocycles. The molecule has 138 valence electrons. The van der Waals surface area contributed by atoms with E-state index in [0.717, 1.165) is 11.3 Å². The highest BCUT2D eigenvalue weighted by Crippen LogP contribution is 2.18. The average Bonchev–Trinajstić information content (AvgIpc) is 3.00. The first kappa shape index (κ1) is 18.3. The number of hydrogen-bond donors (Lipinski definition) is 1. The predicted molar refractivity (Wildman–Crippen MR) is 97.1 cm³/mol. The maximum absolute atomic E-state index is 12.9. The van der Waals surface area contributed by atoms with E-state index in [1.165, 1.54) is 17.0 Å². The molecule has 1 amide bonds. The zero-order valence-corrected chi connectivity index (χ0v) is 15.2. The van der Waals surface area contributed by atoms with Crippen LogP contribution in [0.15, 0.2) is 42.6 Å². The molecule has 1 unspecified atom stereocenters. The standard InChI is InChI=1S/C18H20FN3O3S/c1-22(16-8-9-26(24,25)12-16)18(23)17-7-6-15(11-21-17)20-10-13-2-4-14(19)5-3-13/h2-7,11,16,20H,8-10,12H2,1H3. The Labute approximate surface area is 152 Å². The second kappa shape index (κ2) is 7.41. The van der Waals surface area contributed by atoms with Crippen molar-refractivity contribution in [2.24, 2.45) is 0 Å². The maximum atomic E-state index is 12.9. The summed E-state index contributed by atoms with van der Waals surface area (Å²) >= 11 is 0. The van der Waals surface area contributed by atoms with Crippen molar-refractivity contribution >= 4 is 21.4 Å². The lowest BCUT2D eigenvalue weighted by atomic mass is 10.2. The van der Waals surface area contributed by atoms with E-state index in [0.29, 0.717) is 13.0 Å². The van der Waals surface area contributed by atoms with Crippen LogP contribution in [-0.4, -0.2) is 48.8 Å². The number of aromatic nitrogens is 1. The zero-order valence-electron chi connectivity index (χ0n) is 14.4. The molecule has 2 heterocycles. The van der Waals surface area contributed by atoms with E-state index in [-0.39, 0.29) is 35.0 Å². The van der Waals surface area contributed by atoms with Gasteiger partial charge in [-0.15, -0.1) is 0 Å². The Hall–Kier alpha value is -2.48. The van der Waals surface area contributed by atoms with Crippen LogP contribution < -0.4 is 5.32 Å². The van der Waals surface area contributed by atoms with Gasteiger partial charge >= 0.3 is 0 Å². The Kier molecular flexibility index (Phi) is 5.22. The second-order valence-corrected chi connectivity index (χ2v) is 8.61. The summed E-state index contributed by atoms with van der Waals surface area (Å²) in [5.41, 5.74) is 1.93. The van der Waals surface area contributed by atoms with Gasteiger partial charge in [-0.25, -0.2) is 17.8 Å². The maximum Gasteiger partial charge on any atom is 0.272 e. The van der Waals surface area contributed by atoms with Crippen molar-refractivity contribution in [3.05, 3.63) is 59.7 Å². The number of pyridine rings is 1. The summed E-state index contributed by atoms with van der Waals surface area (Å²) in [6, 6.07) is 9.23. The molecule has 0 aliphatic carbocycles. The van der Waals surface area contributed by atoms with Crippen molar-refractivity contribution in [2.75, 3.05) is 23.9 Å². The largest absolute Gasteiger partial charge is 0.380 e. The summed E-state index contributed by atoms with van der Waals surface area (Å²) in [6.45, 7) is 0.509. The molecule has 1 atom stereocenters. The SMILES string of the molecule is CN(C(=O)c1ccc(NCc2ccc(F)cc2)cn1)C1CCS(=O)(=O)C1. The van der Waals surface area contributed by atoms with Gasteiger partial charge in [-0.2, -0.15) is 0 Å². The quantitative estimate of drug-likeness (QED) is 0.863. The van der Waals surface area contributed by atoms with Gasteiger partial charge in [0.1, 0.15) is 11.5 Å². The highest BCUT2D eigenvalue weighted by Gasteiger charge is 2.33. The number of nitrogens with zero attached hydrogens (tertiary/aromatic N) is 2. The summed E-state index contributed by atoms with van der Waals surface area (Å²) in [5.74, 6) is -0.448. The van der Waals surface area contributed by atoms with Crippen LogP contribution in [0.5, 0.6) is 0 Å². The minimum absolute atomic E-state index is 0.00650. The smallest absolute Gasteiger partial charge is 0.272 e. The molecule has 1 saturated heterocycles. The summed E-state index contributed by atoms with van der Waals surface area (Å²) in [6.07, 6.45) is 2.01. The van der Waals surface area contributed by atoms with E-state index >= 15 is 0 Å². The molecule has 26 heavy (non-hydrogen) atoms. The number of carbonyl (C=O) groups is 1. The van der Waals surface area contributed by atoms with Gasteiger partial charge in [0, 0.05) is 19.6 Å². The van der Waals surface area contributed by atoms with Crippen molar-refractivity contribution in [2.45, 2.75) is 19.0 Å². The third-order valence-electron chi connectivity index (χ3n) is 4.47. The van der Waals surface area contributed by atoms with Crippen molar-refractivity contribution in [3.63, 3.8) is 0 Å². The summed E-state index contributed by atoms with van der Waals surface area (Å²) < 4.78 is 36.0.